The van der Waals surface area contributed by atoms with E-state index in [0.29, 0.717) is 38.4 Å². The van der Waals surface area contributed by atoms with Gasteiger partial charge in [-0.25, -0.2) is 0 Å². The third kappa shape index (κ3) is 4.97. The summed E-state index contributed by atoms with van der Waals surface area (Å²) in [5.74, 6) is -0.545. The highest BCUT2D eigenvalue weighted by Crippen LogP contribution is 2.23. The highest BCUT2D eigenvalue weighted by molar-refractivity contribution is 5.78. The molecule has 21 heavy (non-hydrogen) atoms. The average molecular weight is 298 g/mol. The molecule has 2 fully saturated rings. The lowest BCUT2D eigenvalue weighted by Gasteiger charge is -2.31. The van der Waals surface area contributed by atoms with E-state index in [0.717, 1.165) is 32.2 Å². The number of carboxylic acids is 1. The number of nitrogens with one attached hydrogen (secondary N) is 1. The second-order valence-corrected chi connectivity index (χ2v) is 6.31. The Labute approximate surface area is 125 Å². The first-order chi connectivity index (χ1) is 10.1. The van der Waals surface area contributed by atoms with Crippen LogP contribution < -0.4 is 5.32 Å². The summed E-state index contributed by atoms with van der Waals surface area (Å²) < 4.78 is 0. The fourth-order valence-corrected chi connectivity index (χ4v) is 3.32. The van der Waals surface area contributed by atoms with Crippen molar-refractivity contribution in [1.29, 1.82) is 0 Å². The Hall–Kier alpha value is -1.14. The highest BCUT2D eigenvalue weighted by atomic mass is 16.4. The predicted octanol–water partition coefficient (Wildman–Crippen LogP) is 0.450. The van der Waals surface area contributed by atoms with Gasteiger partial charge in [-0.1, -0.05) is 6.42 Å². The van der Waals surface area contributed by atoms with Crippen molar-refractivity contribution >= 4 is 11.9 Å². The quantitative estimate of drug-likeness (QED) is 0.686. The number of amides is 1. The zero-order valence-corrected chi connectivity index (χ0v) is 12.5. The van der Waals surface area contributed by atoms with Gasteiger partial charge in [-0.2, -0.15) is 0 Å². The minimum atomic E-state index is -0.754. The number of likely N-dealkylation sites (tertiary alicyclic amines) is 1. The van der Waals surface area contributed by atoms with Crippen LogP contribution in [0.2, 0.25) is 0 Å². The van der Waals surface area contributed by atoms with Gasteiger partial charge in [0, 0.05) is 13.1 Å². The minimum Gasteiger partial charge on any atom is -0.481 e. The highest BCUT2D eigenvalue weighted by Gasteiger charge is 2.27. The van der Waals surface area contributed by atoms with Crippen LogP contribution in [0.5, 0.6) is 0 Å². The summed E-state index contributed by atoms with van der Waals surface area (Å²) in [5, 5.41) is 21.7. The third-order valence-electron chi connectivity index (χ3n) is 4.66. The van der Waals surface area contributed by atoms with E-state index in [1.807, 2.05) is 0 Å². The van der Waals surface area contributed by atoms with Crippen molar-refractivity contribution < 1.29 is 19.8 Å². The van der Waals surface area contributed by atoms with Gasteiger partial charge in [-0.3, -0.25) is 9.59 Å². The molecule has 0 aromatic rings. The summed E-state index contributed by atoms with van der Waals surface area (Å²) >= 11 is 0. The number of carbonyl (C=O) groups excluding carboxylic acids is 1. The van der Waals surface area contributed by atoms with Crippen molar-refractivity contribution in [2.45, 2.75) is 44.6 Å². The monoisotopic (exact) mass is 298 g/mol. The van der Waals surface area contributed by atoms with E-state index in [4.69, 9.17) is 5.11 Å². The number of aliphatic carboxylic acids is 1. The number of carboxylic acid groups (broad SMARTS) is 1. The molecule has 3 N–H and O–H groups in total. The van der Waals surface area contributed by atoms with Crippen molar-refractivity contribution in [3.05, 3.63) is 0 Å². The Kier molecular flexibility index (Phi) is 5.99. The van der Waals surface area contributed by atoms with Crippen LogP contribution in [0.15, 0.2) is 0 Å². The van der Waals surface area contributed by atoms with E-state index in [9.17, 15) is 14.7 Å². The fourth-order valence-electron chi connectivity index (χ4n) is 3.32. The summed E-state index contributed by atoms with van der Waals surface area (Å²) in [4.78, 5) is 24.7. The Morgan fingerprint density at radius 3 is 2.48 bits per heavy atom. The molecular weight excluding hydrogens is 272 g/mol. The maximum absolute atomic E-state index is 12.0. The molecule has 1 saturated heterocycles. The van der Waals surface area contributed by atoms with Crippen molar-refractivity contribution in [2.24, 2.45) is 11.8 Å². The Morgan fingerprint density at radius 2 is 1.86 bits per heavy atom. The van der Waals surface area contributed by atoms with Crippen molar-refractivity contribution in [1.82, 2.24) is 10.2 Å². The zero-order valence-electron chi connectivity index (χ0n) is 12.5. The second kappa shape index (κ2) is 7.75. The SMILES string of the molecule is O=C(O)C1CCN(C(=O)CNCC2CCCC(O)C2)CC1. The van der Waals surface area contributed by atoms with Gasteiger partial charge in [-0.05, 0) is 44.6 Å². The van der Waals surface area contributed by atoms with Gasteiger partial charge in [0.1, 0.15) is 0 Å². The van der Waals surface area contributed by atoms with Gasteiger partial charge in [0.25, 0.3) is 0 Å². The molecule has 2 aliphatic rings. The number of hydrogen-bond donors (Lipinski definition) is 3. The van der Waals surface area contributed by atoms with Crippen LogP contribution >= 0.6 is 0 Å². The van der Waals surface area contributed by atoms with Crippen molar-refractivity contribution in [2.75, 3.05) is 26.2 Å². The number of nitrogens with zero attached hydrogens (tertiary/aromatic N) is 1. The molecule has 120 valence electrons. The molecule has 2 rings (SSSR count). The van der Waals surface area contributed by atoms with Gasteiger partial charge >= 0.3 is 5.97 Å². The molecule has 0 spiro atoms. The van der Waals surface area contributed by atoms with Crippen LogP contribution in [0.1, 0.15) is 38.5 Å². The maximum atomic E-state index is 12.0. The summed E-state index contributed by atoms with van der Waals surface area (Å²) in [6.07, 6.45) is 4.81. The first-order valence-corrected chi connectivity index (χ1v) is 7.95. The summed E-state index contributed by atoms with van der Waals surface area (Å²) in [7, 11) is 0. The molecule has 0 aromatic heterocycles. The van der Waals surface area contributed by atoms with Crippen molar-refractivity contribution in [3.8, 4) is 0 Å². The molecule has 0 radical (unpaired) electrons. The molecule has 0 bridgehead atoms. The second-order valence-electron chi connectivity index (χ2n) is 6.31. The van der Waals surface area contributed by atoms with Crippen LogP contribution in [-0.4, -0.2) is 59.3 Å². The largest absolute Gasteiger partial charge is 0.481 e. The molecular formula is C15H26N2O4. The van der Waals surface area contributed by atoms with E-state index in [2.05, 4.69) is 5.32 Å². The van der Waals surface area contributed by atoms with Gasteiger partial charge < -0.3 is 20.4 Å². The molecule has 1 heterocycles. The number of rotatable bonds is 5. The molecule has 2 atom stereocenters. The van der Waals surface area contributed by atoms with Gasteiger partial charge in [0.05, 0.1) is 18.6 Å². The Morgan fingerprint density at radius 1 is 1.14 bits per heavy atom. The van der Waals surface area contributed by atoms with Gasteiger partial charge in [0.2, 0.25) is 5.91 Å². The first-order valence-electron chi connectivity index (χ1n) is 7.95. The molecule has 1 aliphatic heterocycles. The van der Waals surface area contributed by atoms with E-state index >= 15 is 0 Å². The predicted molar refractivity (Wildman–Crippen MR) is 77.8 cm³/mol. The molecule has 0 aromatic carbocycles. The number of hydrogen-bond acceptors (Lipinski definition) is 4. The van der Waals surface area contributed by atoms with Crippen LogP contribution in [0.3, 0.4) is 0 Å². The normalized spacial score (nSPS) is 27.6. The van der Waals surface area contributed by atoms with Crippen LogP contribution in [0, 0.1) is 11.8 Å². The molecule has 2 unspecified atom stereocenters. The smallest absolute Gasteiger partial charge is 0.306 e. The summed E-state index contributed by atoms with van der Waals surface area (Å²) in [6, 6.07) is 0. The topological polar surface area (TPSA) is 89.9 Å². The number of aliphatic hydroxyl groups excluding tert-OH is 1. The molecule has 6 heteroatoms. The van der Waals surface area contributed by atoms with E-state index in [1.54, 1.807) is 4.90 Å². The number of aliphatic hydroxyl groups is 1. The fraction of sp³-hybridized carbons (Fsp3) is 0.867. The lowest BCUT2D eigenvalue weighted by Crippen LogP contribution is -2.44. The van der Waals surface area contributed by atoms with Crippen molar-refractivity contribution in [3.63, 3.8) is 0 Å². The van der Waals surface area contributed by atoms with Crippen LogP contribution in [0.4, 0.5) is 0 Å². The zero-order chi connectivity index (χ0) is 15.2. The molecule has 1 aliphatic carbocycles. The maximum Gasteiger partial charge on any atom is 0.306 e. The summed E-state index contributed by atoms with van der Waals surface area (Å²) in [6.45, 7) is 2.16. The summed E-state index contributed by atoms with van der Waals surface area (Å²) in [5.41, 5.74) is 0. The van der Waals surface area contributed by atoms with Crippen LogP contribution in [0.25, 0.3) is 0 Å². The lowest BCUT2D eigenvalue weighted by atomic mass is 9.87. The average Bonchev–Trinajstić information content (AvgIpc) is 2.47. The van der Waals surface area contributed by atoms with Crippen LogP contribution in [-0.2, 0) is 9.59 Å². The lowest BCUT2D eigenvalue weighted by molar-refractivity contribution is -0.145. The standard InChI is InChI=1S/C15H26N2O4/c18-13-3-1-2-11(8-13)9-16-10-14(19)17-6-4-12(5-7-17)15(20)21/h11-13,16,18H,1-10H2,(H,20,21). The number of piperidine rings is 1. The van der Waals surface area contributed by atoms with Gasteiger partial charge in [-0.15, -0.1) is 0 Å². The Bertz CT molecular complexity index is 367. The third-order valence-corrected chi connectivity index (χ3v) is 4.66. The van der Waals surface area contributed by atoms with E-state index in [-0.39, 0.29) is 17.9 Å². The van der Waals surface area contributed by atoms with E-state index in [1.165, 1.54) is 0 Å². The minimum absolute atomic E-state index is 0.0511. The van der Waals surface area contributed by atoms with Gasteiger partial charge in [0.15, 0.2) is 0 Å². The number of carbonyl (C=O) groups is 2. The molecule has 6 nitrogen and oxygen atoms in total. The van der Waals surface area contributed by atoms with E-state index < -0.39 is 5.97 Å². The molecule has 1 saturated carbocycles. The Balaban J connectivity index is 1.62. The molecule has 1 amide bonds. The first kappa shape index (κ1) is 16.2.